The van der Waals surface area contributed by atoms with Crippen LogP contribution >= 0.6 is 7.45 Å². The third-order valence-corrected chi connectivity index (χ3v) is 3.61. The lowest BCUT2D eigenvalue weighted by atomic mass is 10.6. The van der Waals surface area contributed by atoms with Crippen molar-refractivity contribution in [1.82, 2.24) is 0 Å². The predicted molar refractivity (Wildman–Crippen MR) is 34.4 cm³/mol. The van der Waals surface area contributed by atoms with Crippen molar-refractivity contribution >= 4 is 7.45 Å². The largest absolute Gasteiger partial charge is 0.287 e. The fourth-order valence-electron chi connectivity index (χ4n) is 0.365. The Morgan fingerprint density at radius 3 is 2.00 bits per heavy atom. The van der Waals surface area contributed by atoms with Gasteiger partial charge in [0.15, 0.2) is 0 Å². The Morgan fingerprint density at radius 2 is 2.00 bits per heavy atom. The van der Waals surface area contributed by atoms with Crippen molar-refractivity contribution in [3.05, 3.63) is 0 Å². The summed E-state index contributed by atoms with van der Waals surface area (Å²) in [5, 5.41) is 0. The Hall–Kier alpha value is 0.160. The van der Waals surface area contributed by atoms with Crippen LogP contribution in [-0.2, 0) is 4.57 Å². The summed E-state index contributed by atoms with van der Waals surface area (Å²) in [6.45, 7) is 4.90. The van der Waals surface area contributed by atoms with Crippen LogP contribution < -0.4 is 0 Å². The van der Waals surface area contributed by atoms with Crippen LogP contribution in [0.4, 0.5) is 4.20 Å². The maximum atomic E-state index is 12.5. The lowest BCUT2D eigenvalue weighted by Gasteiger charge is -2.07. The second-order valence-electron chi connectivity index (χ2n) is 2.11. The first-order valence-electron chi connectivity index (χ1n) is 2.79. The highest BCUT2D eigenvalue weighted by molar-refractivity contribution is 7.59. The van der Waals surface area contributed by atoms with Gasteiger partial charge in [-0.2, -0.15) is 4.20 Å². The second kappa shape index (κ2) is 2.63. The van der Waals surface area contributed by atoms with Crippen molar-refractivity contribution in [3.8, 4) is 0 Å². The van der Waals surface area contributed by atoms with Crippen molar-refractivity contribution in [2.45, 2.75) is 26.4 Å². The topological polar surface area (TPSA) is 17.1 Å². The molecule has 0 aromatic rings. The minimum Gasteiger partial charge on any atom is -0.287 e. The molecule has 3 heteroatoms. The zero-order valence-electron chi connectivity index (χ0n) is 5.52. The molecule has 0 amide bonds. The molecule has 50 valence electrons. The van der Waals surface area contributed by atoms with Gasteiger partial charge in [0.25, 0.3) is 0 Å². The Morgan fingerprint density at radius 1 is 1.62 bits per heavy atom. The average Bonchev–Trinajstić information content (AvgIpc) is 1.67. The summed E-state index contributed by atoms with van der Waals surface area (Å²) in [5.74, 6) is 0. The van der Waals surface area contributed by atoms with Crippen LogP contribution in [0.15, 0.2) is 0 Å². The van der Waals surface area contributed by atoms with Gasteiger partial charge in [-0.25, -0.2) is 0 Å². The summed E-state index contributed by atoms with van der Waals surface area (Å²) >= 11 is 0. The number of hydrogen-bond acceptors (Lipinski definition) is 1. The van der Waals surface area contributed by atoms with E-state index in [1.165, 1.54) is 0 Å². The van der Waals surface area contributed by atoms with E-state index in [-0.39, 0.29) is 11.8 Å². The lowest BCUT2D eigenvalue weighted by Crippen LogP contribution is -1.94. The van der Waals surface area contributed by atoms with Crippen molar-refractivity contribution in [2.75, 3.05) is 6.16 Å². The highest BCUT2D eigenvalue weighted by atomic mass is 31.2. The van der Waals surface area contributed by atoms with Crippen LogP contribution in [0.5, 0.6) is 0 Å². The van der Waals surface area contributed by atoms with Crippen LogP contribution in [0.2, 0.25) is 0 Å². The predicted octanol–water partition coefficient (Wildman–Crippen LogP) is 2.66. The Balaban J connectivity index is 3.93. The van der Waals surface area contributed by atoms with Crippen LogP contribution in [-0.4, -0.2) is 11.8 Å². The molecule has 0 aliphatic rings. The molecule has 0 saturated carbocycles. The molecule has 0 aromatic heterocycles. The first kappa shape index (κ1) is 8.16. The van der Waals surface area contributed by atoms with Crippen LogP contribution in [0, 0.1) is 0 Å². The second-order valence-corrected chi connectivity index (χ2v) is 5.18. The van der Waals surface area contributed by atoms with Gasteiger partial charge < -0.3 is 0 Å². The maximum absolute atomic E-state index is 12.5. The Bertz CT molecular complexity index is 111. The van der Waals surface area contributed by atoms with Crippen LogP contribution in [0.1, 0.15) is 20.8 Å². The lowest BCUT2D eigenvalue weighted by molar-refractivity contribution is 0.532. The monoisotopic (exact) mass is 138 g/mol. The fourth-order valence-corrected chi connectivity index (χ4v) is 1.10. The summed E-state index contributed by atoms with van der Waals surface area (Å²) < 4.78 is 23.1. The minimum absolute atomic E-state index is 0.171. The van der Waals surface area contributed by atoms with Gasteiger partial charge in [0, 0.05) is 11.8 Å². The molecule has 0 aliphatic heterocycles. The highest BCUT2D eigenvalue weighted by Gasteiger charge is 2.21. The van der Waals surface area contributed by atoms with E-state index in [4.69, 9.17) is 0 Å². The summed E-state index contributed by atoms with van der Waals surface area (Å²) in [5.41, 5.74) is -0.299. The molecular formula is C5H12FOP. The van der Waals surface area contributed by atoms with Gasteiger partial charge in [-0.1, -0.05) is 20.8 Å². The van der Waals surface area contributed by atoms with Gasteiger partial charge in [0.2, 0.25) is 7.45 Å². The van der Waals surface area contributed by atoms with E-state index >= 15 is 0 Å². The fraction of sp³-hybridized carbons (Fsp3) is 1.00. The van der Waals surface area contributed by atoms with Crippen molar-refractivity contribution in [2.24, 2.45) is 0 Å². The molecule has 1 nitrogen and oxygen atoms in total. The van der Waals surface area contributed by atoms with E-state index in [9.17, 15) is 8.76 Å². The third-order valence-electron chi connectivity index (χ3n) is 1.20. The molecule has 0 N–H and O–H groups in total. The maximum Gasteiger partial charge on any atom is 0.246 e. The smallest absolute Gasteiger partial charge is 0.246 e. The molecule has 0 bridgehead atoms. The standard InChI is InChI=1S/C5H12FOP/c1-4-8(6,7)5(2)3/h5H,4H2,1-3H3. The normalized spacial score (nSPS) is 18.6. The van der Waals surface area contributed by atoms with Gasteiger partial charge in [-0.3, -0.25) is 4.57 Å². The number of rotatable bonds is 2. The quantitative estimate of drug-likeness (QED) is 0.536. The molecular weight excluding hydrogens is 126 g/mol. The molecule has 0 aromatic carbocycles. The zero-order chi connectivity index (χ0) is 6.78. The van der Waals surface area contributed by atoms with Crippen molar-refractivity contribution in [1.29, 1.82) is 0 Å². The summed E-state index contributed by atoms with van der Waals surface area (Å²) in [4.78, 5) is 0. The van der Waals surface area contributed by atoms with Crippen molar-refractivity contribution < 1.29 is 8.76 Å². The van der Waals surface area contributed by atoms with Crippen molar-refractivity contribution in [3.63, 3.8) is 0 Å². The number of hydrogen-bond donors (Lipinski definition) is 0. The Labute approximate surface area is 49.8 Å². The average molecular weight is 138 g/mol. The van der Waals surface area contributed by atoms with E-state index in [0.717, 1.165) is 0 Å². The van der Waals surface area contributed by atoms with Crippen LogP contribution in [0.25, 0.3) is 0 Å². The highest BCUT2D eigenvalue weighted by Crippen LogP contribution is 2.51. The molecule has 0 saturated heterocycles. The SMILES string of the molecule is CCP(=O)(F)C(C)C. The zero-order valence-corrected chi connectivity index (χ0v) is 6.41. The minimum atomic E-state index is -3.25. The third kappa shape index (κ3) is 1.95. The van der Waals surface area contributed by atoms with E-state index < -0.39 is 7.45 Å². The molecule has 0 fully saturated rings. The molecule has 0 heterocycles. The van der Waals surface area contributed by atoms with Gasteiger partial charge in [0.05, 0.1) is 0 Å². The molecule has 1 unspecified atom stereocenters. The first-order valence-corrected chi connectivity index (χ1v) is 4.64. The molecule has 8 heavy (non-hydrogen) atoms. The molecule has 0 radical (unpaired) electrons. The molecule has 1 atom stereocenters. The van der Waals surface area contributed by atoms with Gasteiger partial charge in [-0.05, 0) is 0 Å². The molecule has 0 spiro atoms. The van der Waals surface area contributed by atoms with Gasteiger partial charge >= 0.3 is 0 Å². The molecule has 0 aliphatic carbocycles. The summed E-state index contributed by atoms with van der Waals surface area (Å²) in [7, 11) is -3.25. The van der Waals surface area contributed by atoms with Gasteiger partial charge in [-0.15, -0.1) is 0 Å². The molecule has 0 rings (SSSR count). The summed E-state index contributed by atoms with van der Waals surface area (Å²) in [6.07, 6.45) is 0.171. The Kier molecular flexibility index (Phi) is 2.68. The number of halogens is 1. The summed E-state index contributed by atoms with van der Waals surface area (Å²) in [6, 6.07) is 0. The first-order chi connectivity index (χ1) is 3.50. The van der Waals surface area contributed by atoms with Gasteiger partial charge in [0.1, 0.15) is 0 Å². The van der Waals surface area contributed by atoms with E-state index in [1.807, 2.05) is 0 Å². The van der Waals surface area contributed by atoms with E-state index in [0.29, 0.717) is 0 Å². The van der Waals surface area contributed by atoms with E-state index in [1.54, 1.807) is 20.8 Å². The van der Waals surface area contributed by atoms with E-state index in [2.05, 4.69) is 0 Å². The van der Waals surface area contributed by atoms with Crippen LogP contribution in [0.3, 0.4) is 0 Å².